The van der Waals surface area contributed by atoms with Gasteiger partial charge >= 0.3 is 0 Å². The van der Waals surface area contributed by atoms with E-state index in [1.165, 1.54) is 5.56 Å². The zero-order valence-corrected chi connectivity index (χ0v) is 11.9. The Bertz CT molecular complexity index is 641. The molecule has 0 saturated heterocycles. The van der Waals surface area contributed by atoms with E-state index >= 15 is 0 Å². The fourth-order valence-electron chi connectivity index (χ4n) is 2.24. The number of isocyanates is 1. The van der Waals surface area contributed by atoms with Crippen molar-refractivity contribution in [1.29, 1.82) is 0 Å². The predicted molar refractivity (Wildman–Crippen MR) is 79.3 cm³/mol. The number of methoxy groups -OCH3 is 1. The number of carbonyl (C=O) groups excluding carboxylic acids is 1. The second kappa shape index (κ2) is 5.72. The van der Waals surface area contributed by atoms with Crippen LogP contribution in [-0.2, 0) is 10.2 Å². The first kappa shape index (κ1) is 14.0. The third kappa shape index (κ3) is 2.63. The van der Waals surface area contributed by atoms with Gasteiger partial charge in [-0.25, -0.2) is 4.79 Å². The van der Waals surface area contributed by atoms with Crippen LogP contribution in [0.3, 0.4) is 0 Å². The van der Waals surface area contributed by atoms with E-state index in [1.54, 1.807) is 13.2 Å². The van der Waals surface area contributed by atoms with Crippen molar-refractivity contribution in [1.82, 2.24) is 0 Å². The molecule has 0 saturated carbocycles. The van der Waals surface area contributed by atoms with Gasteiger partial charge in [-0.2, -0.15) is 4.99 Å². The Kier molecular flexibility index (Phi) is 4.02. The van der Waals surface area contributed by atoms with Crippen LogP contribution in [0, 0.1) is 0 Å². The summed E-state index contributed by atoms with van der Waals surface area (Å²) in [5.74, 6) is 0.570. The lowest BCUT2D eigenvalue weighted by atomic mass is 9.78. The summed E-state index contributed by atoms with van der Waals surface area (Å²) in [6.45, 7) is 4.27. The quantitative estimate of drug-likeness (QED) is 0.620. The molecular formula is C17H17NO2. The van der Waals surface area contributed by atoms with E-state index in [9.17, 15) is 4.79 Å². The number of nitrogens with zero attached hydrogens (tertiary/aromatic N) is 1. The van der Waals surface area contributed by atoms with Crippen molar-refractivity contribution in [3.63, 3.8) is 0 Å². The summed E-state index contributed by atoms with van der Waals surface area (Å²) < 4.78 is 5.20. The van der Waals surface area contributed by atoms with Gasteiger partial charge in [0.2, 0.25) is 6.08 Å². The second-order valence-electron chi connectivity index (χ2n) is 5.08. The molecule has 0 unspecified atom stereocenters. The smallest absolute Gasteiger partial charge is 0.240 e. The van der Waals surface area contributed by atoms with Crippen LogP contribution in [-0.4, -0.2) is 13.2 Å². The molecule has 0 atom stereocenters. The monoisotopic (exact) mass is 267 g/mol. The van der Waals surface area contributed by atoms with Gasteiger partial charge in [0.25, 0.3) is 0 Å². The standard InChI is InChI=1S/C17H17NO2/c1-17(2,13-7-5-4-6-8-13)14-9-10-16(20-3)15(11-14)18-12-19/h4-11H,1-3H3. The van der Waals surface area contributed by atoms with Crippen molar-refractivity contribution in [2.75, 3.05) is 7.11 Å². The highest BCUT2D eigenvalue weighted by Crippen LogP contribution is 2.36. The highest BCUT2D eigenvalue weighted by atomic mass is 16.5. The molecule has 20 heavy (non-hydrogen) atoms. The summed E-state index contributed by atoms with van der Waals surface area (Å²) in [6, 6.07) is 15.9. The maximum Gasteiger partial charge on any atom is 0.240 e. The molecular weight excluding hydrogens is 250 g/mol. The van der Waals surface area contributed by atoms with Crippen molar-refractivity contribution in [2.24, 2.45) is 4.99 Å². The van der Waals surface area contributed by atoms with E-state index in [0.717, 1.165) is 5.56 Å². The van der Waals surface area contributed by atoms with E-state index in [0.29, 0.717) is 11.4 Å². The SMILES string of the molecule is COc1ccc(C(C)(C)c2ccccc2)cc1N=C=O. The third-order valence-corrected chi connectivity index (χ3v) is 3.56. The number of ether oxygens (including phenoxy) is 1. The van der Waals surface area contributed by atoms with Gasteiger partial charge in [0.15, 0.2) is 0 Å². The van der Waals surface area contributed by atoms with Crippen LogP contribution >= 0.6 is 0 Å². The second-order valence-corrected chi connectivity index (χ2v) is 5.08. The lowest BCUT2D eigenvalue weighted by Gasteiger charge is -2.26. The molecule has 102 valence electrons. The van der Waals surface area contributed by atoms with Gasteiger partial charge in [0.1, 0.15) is 11.4 Å². The first-order valence-corrected chi connectivity index (χ1v) is 6.41. The van der Waals surface area contributed by atoms with Crippen molar-refractivity contribution in [3.05, 3.63) is 59.7 Å². The zero-order chi connectivity index (χ0) is 14.6. The van der Waals surface area contributed by atoms with Gasteiger partial charge in [0.05, 0.1) is 7.11 Å². The molecule has 3 nitrogen and oxygen atoms in total. The first-order valence-electron chi connectivity index (χ1n) is 6.41. The van der Waals surface area contributed by atoms with Crippen LogP contribution in [0.2, 0.25) is 0 Å². The summed E-state index contributed by atoms with van der Waals surface area (Å²) >= 11 is 0. The zero-order valence-electron chi connectivity index (χ0n) is 11.9. The molecule has 3 heteroatoms. The molecule has 0 spiro atoms. The molecule has 0 radical (unpaired) electrons. The molecule has 2 aromatic rings. The highest BCUT2D eigenvalue weighted by Gasteiger charge is 2.23. The summed E-state index contributed by atoms with van der Waals surface area (Å²) in [5, 5.41) is 0. The minimum absolute atomic E-state index is 0.180. The molecule has 0 N–H and O–H groups in total. The van der Waals surface area contributed by atoms with Gasteiger partial charge in [-0.15, -0.1) is 0 Å². The summed E-state index contributed by atoms with van der Waals surface area (Å²) in [7, 11) is 1.56. The van der Waals surface area contributed by atoms with Crippen molar-refractivity contribution in [3.8, 4) is 5.75 Å². The Morgan fingerprint density at radius 2 is 1.75 bits per heavy atom. The minimum Gasteiger partial charge on any atom is -0.494 e. The van der Waals surface area contributed by atoms with Gasteiger partial charge in [-0.1, -0.05) is 50.2 Å². The number of hydrogen-bond donors (Lipinski definition) is 0. The maximum atomic E-state index is 10.5. The van der Waals surface area contributed by atoms with Gasteiger partial charge in [0, 0.05) is 5.41 Å². The number of benzene rings is 2. The van der Waals surface area contributed by atoms with Crippen LogP contribution in [0.15, 0.2) is 53.5 Å². The number of hydrogen-bond acceptors (Lipinski definition) is 3. The molecule has 0 fully saturated rings. The van der Waals surface area contributed by atoms with Crippen molar-refractivity contribution < 1.29 is 9.53 Å². The van der Waals surface area contributed by atoms with E-state index < -0.39 is 0 Å². The summed E-state index contributed by atoms with van der Waals surface area (Å²) in [6.07, 6.45) is 1.57. The van der Waals surface area contributed by atoms with Crippen LogP contribution < -0.4 is 4.74 Å². The van der Waals surface area contributed by atoms with Gasteiger partial charge in [-0.3, -0.25) is 0 Å². The number of aliphatic imine (C=N–C) groups is 1. The Labute approximate surface area is 118 Å². The number of rotatable bonds is 4. The van der Waals surface area contributed by atoms with Crippen LogP contribution in [0.5, 0.6) is 5.75 Å². The Morgan fingerprint density at radius 3 is 2.35 bits per heavy atom. The average Bonchev–Trinajstić information content (AvgIpc) is 2.48. The molecule has 0 amide bonds. The van der Waals surface area contributed by atoms with E-state index in [1.807, 2.05) is 36.4 Å². The fourth-order valence-corrected chi connectivity index (χ4v) is 2.24. The Hall–Kier alpha value is -2.38. The third-order valence-electron chi connectivity index (χ3n) is 3.56. The molecule has 0 aliphatic carbocycles. The topological polar surface area (TPSA) is 38.7 Å². The largest absolute Gasteiger partial charge is 0.494 e. The van der Waals surface area contributed by atoms with E-state index in [2.05, 4.69) is 31.0 Å². The Morgan fingerprint density at radius 1 is 1.05 bits per heavy atom. The highest BCUT2D eigenvalue weighted by molar-refractivity contribution is 5.60. The van der Waals surface area contributed by atoms with Crippen LogP contribution in [0.25, 0.3) is 0 Å². The van der Waals surface area contributed by atoms with Gasteiger partial charge < -0.3 is 4.74 Å². The molecule has 0 aliphatic rings. The van der Waals surface area contributed by atoms with Gasteiger partial charge in [-0.05, 0) is 23.3 Å². The lowest BCUT2D eigenvalue weighted by Crippen LogP contribution is -2.18. The van der Waals surface area contributed by atoms with E-state index in [-0.39, 0.29) is 5.41 Å². The molecule has 0 heterocycles. The van der Waals surface area contributed by atoms with Crippen molar-refractivity contribution in [2.45, 2.75) is 19.3 Å². The molecule has 0 aliphatic heterocycles. The first-order chi connectivity index (χ1) is 9.59. The minimum atomic E-state index is -0.180. The summed E-state index contributed by atoms with van der Waals surface area (Å²) in [5.41, 5.74) is 2.59. The average molecular weight is 267 g/mol. The van der Waals surface area contributed by atoms with Crippen LogP contribution in [0.4, 0.5) is 5.69 Å². The normalized spacial score (nSPS) is 10.8. The molecule has 2 aromatic carbocycles. The Balaban J connectivity index is 2.52. The maximum absolute atomic E-state index is 10.5. The lowest BCUT2D eigenvalue weighted by molar-refractivity contribution is 0.415. The molecule has 2 rings (SSSR count). The molecule has 0 bridgehead atoms. The summed E-state index contributed by atoms with van der Waals surface area (Å²) in [4.78, 5) is 14.2. The van der Waals surface area contributed by atoms with E-state index in [4.69, 9.17) is 4.74 Å². The fraction of sp³-hybridized carbons (Fsp3) is 0.235. The van der Waals surface area contributed by atoms with Crippen molar-refractivity contribution >= 4 is 11.8 Å². The molecule has 0 aromatic heterocycles. The predicted octanol–water partition coefficient (Wildman–Crippen LogP) is 3.99. The van der Waals surface area contributed by atoms with Crippen LogP contribution in [0.1, 0.15) is 25.0 Å².